The predicted molar refractivity (Wildman–Crippen MR) is 149 cm³/mol. The second-order valence-electron chi connectivity index (χ2n) is 9.33. The van der Waals surface area contributed by atoms with Crippen LogP contribution >= 0.6 is 22.7 Å². The molecule has 2 aromatic heterocycles. The highest BCUT2D eigenvalue weighted by molar-refractivity contribution is 7.17. The molecule has 9 nitrogen and oxygen atoms in total. The summed E-state index contributed by atoms with van der Waals surface area (Å²) < 4.78 is 15.7. The zero-order valence-corrected chi connectivity index (χ0v) is 22.9. The van der Waals surface area contributed by atoms with Crippen molar-refractivity contribution in [2.24, 2.45) is 0 Å². The van der Waals surface area contributed by atoms with E-state index >= 15 is 0 Å². The highest BCUT2D eigenvalue weighted by Crippen LogP contribution is 2.38. The number of thiazole rings is 1. The standard InChI is InChI=1S/C28H29N3O6S2/c32-26(23-15-38-16-30-23)31-20-8-6-19(7-9-20)24-14-22(18-10-12-29-13-11-18)25(39-24)27(33)35-17-36-28(34)37-21-4-2-1-3-5-21/h6-10,12,14-16,18,21,29H,1-5,11,13,17H2,(H,31,32). The average Bonchev–Trinajstić information content (AvgIpc) is 3.66. The fourth-order valence-corrected chi connectivity index (χ4v) is 6.29. The van der Waals surface area contributed by atoms with Crippen molar-refractivity contribution in [1.82, 2.24) is 10.3 Å². The Morgan fingerprint density at radius 3 is 2.59 bits per heavy atom. The van der Waals surface area contributed by atoms with Gasteiger partial charge in [-0.05, 0) is 67.6 Å². The quantitative estimate of drug-likeness (QED) is 0.240. The van der Waals surface area contributed by atoms with Crippen LogP contribution in [0.3, 0.4) is 0 Å². The molecule has 1 atom stereocenters. The maximum Gasteiger partial charge on any atom is 0.511 e. The van der Waals surface area contributed by atoms with Crippen LogP contribution in [0.5, 0.6) is 0 Å². The minimum Gasteiger partial charge on any atom is -0.431 e. The van der Waals surface area contributed by atoms with Gasteiger partial charge in [0.25, 0.3) is 5.91 Å². The molecule has 11 heteroatoms. The molecule has 0 spiro atoms. The maximum absolute atomic E-state index is 13.1. The Kier molecular flexibility index (Phi) is 8.89. The molecule has 1 aliphatic heterocycles. The zero-order chi connectivity index (χ0) is 27.0. The molecule has 2 aliphatic rings. The number of amides is 1. The number of benzene rings is 1. The predicted octanol–water partition coefficient (Wildman–Crippen LogP) is 6.31. The lowest BCUT2D eigenvalue weighted by atomic mass is 9.93. The molecule has 3 aromatic rings. The number of hydrogen-bond donors (Lipinski definition) is 2. The van der Waals surface area contributed by atoms with Crippen LogP contribution in [0.1, 0.15) is 70.2 Å². The van der Waals surface area contributed by atoms with E-state index in [2.05, 4.69) is 15.6 Å². The van der Waals surface area contributed by atoms with E-state index in [-0.39, 0.29) is 17.9 Å². The Bertz CT molecular complexity index is 1310. The maximum atomic E-state index is 13.1. The van der Waals surface area contributed by atoms with Gasteiger partial charge in [-0.25, -0.2) is 14.6 Å². The number of rotatable bonds is 8. The second kappa shape index (κ2) is 12.9. The molecule has 1 unspecified atom stereocenters. The third kappa shape index (κ3) is 7.04. The Morgan fingerprint density at radius 2 is 1.87 bits per heavy atom. The molecule has 0 radical (unpaired) electrons. The number of carbonyl (C=O) groups excluding carboxylic acids is 3. The molecular weight excluding hydrogens is 538 g/mol. The van der Waals surface area contributed by atoms with E-state index in [4.69, 9.17) is 14.2 Å². The topological polar surface area (TPSA) is 116 Å². The first kappa shape index (κ1) is 26.9. The summed E-state index contributed by atoms with van der Waals surface area (Å²) in [5.41, 5.74) is 4.39. The molecule has 1 saturated carbocycles. The van der Waals surface area contributed by atoms with Crippen LogP contribution in [0, 0.1) is 0 Å². The molecule has 5 rings (SSSR count). The van der Waals surface area contributed by atoms with Crippen molar-refractivity contribution in [2.45, 2.75) is 50.5 Å². The summed E-state index contributed by atoms with van der Waals surface area (Å²) in [6, 6.07) is 9.41. The van der Waals surface area contributed by atoms with Crippen LogP contribution in [-0.2, 0) is 14.2 Å². The highest BCUT2D eigenvalue weighted by atomic mass is 32.1. The van der Waals surface area contributed by atoms with Crippen molar-refractivity contribution in [2.75, 3.05) is 18.7 Å². The van der Waals surface area contributed by atoms with Gasteiger partial charge in [0.05, 0.1) is 5.51 Å². The molecule has 204 valence electrons. The van der Waals surface area contributed by atoms with E-state index in [1.54, 1.807) is 10.9 Å². The number of nitrogens with zero attached hydrogens (tertiary/aromatic N) is 1. The Balaban J connectivity index is 1.25. The average molecular weight is 568 g/mol. The summed E-state index contributed by atoms with van der Waals surface area (Å²) in [5, 5.41) is 7.71. The number of aromatic nitrogens is 1. The Labute approximate surface area is 234 Å². The fraction of sp³-hybridized carbons (Fsp3) is 0.357. The largest absolute Gasteiger partial charge is 0.511 e. The third-order valence-electron chi connectivity index (χ3n) is 6.67. The van der Waals surface area contributed by atoms with Crippen molar-refractivity contribution in [3.63, 3.8) is 0 Å². The molecule has 1 aliphatic carbocycles. The SMILES string of the molecule is O=C(OCOC(=O)c1sc(-c2ccc(NC(=O)c3cscn3)cc2)cc1C1C=CNCC1)OC1CCCCC1. The van der Waals surface area contributed by atoms with Crippen molar-refractivity contribution in [3.05, 3.63) is 69.6 Å². The van der Waals surface area contributed by atoms with Gasteiger partial charge in [-0.2, -0.15) is 0 Å². The fourth-order valence-electron chi connectivity index (χ4n) is 4.63. The van der Waals surface area contributed by atoms with Crippen LogP contribution in [0.4, 0.5) is 10.5 Å². The summed E-state index contributed by atoms with van der Waals surface area (Å²) in [6.07, 6.45) is 8.69. The van der Waals surface area contributed by atoms with Gasteiger partial charge in [0.1, 0.15) is 16.7 Å². The Morgan fingerprint density at radius 1 is 1.05 bits per heavy atom. The molecule has 39 heavy (non-hydrogen) atoms. The third-order valence-corrected chi connectivity index (χ3v) is 8.43. The van der Waals surface area contributed by atoms with E-state index in [9.17, 15) is 14.4 Å². The lowest BCUT2D eigenvalue weighted by Crippen LogP contribution is -2.23. The van der Waals surface area contributed by atoms with Crippen molar-refractivity contribution >= 4 is 46.4 Å². The van der Waals surface area contributed by atoms with Crippen LogP contribution in [0.15, 0.2) is 53.5 Å². The zero-order valence-electron chi connectivity index (χ0n) is 21.2. The van der Waals surface area contributed by atoms with Gasteiger partial charge in [0, 0.05) is 28.4 Å². The van der Waals surface area contributed by atoms with Crippen molar-refractivity contribution < 1.29 is 28.6 Å². The van der Waals surface area contributed by atoms with Crippen LogP contribution < -0.4 is 10.6 Å². The lowest BCUT2D eigenvalue weighted by molar-refractivity contribution is -0.0428. The summed E-state index contributed by atoms with van der Waals surface area (Å²) in [4.78, 5) is 42.8. The van der Waals surface area contributed by atoms with Gasteiger partial charge in [-0.3, -0.25) is 4.79 Å². The van der Waals surface area contributed by atoms with Gasteiger partial charge in [-0.1, -0.05) is 24.6 Å². The minimum absolute atomic E-state index is 0.0488. The highest BCUT2D eigenvalue weighted by Gasteiger charge is 2.25. The first-order chi connectivity index (χ1) is 19.1. The smallest absolute Gasteiger partial charge is 0.431 e. The number of thiophene rings is 1. The van der Waals surface area contributed by atoms with Gasteiger partial charge < -0.3 is 24.8 Å². The van der Waals surface area contributed by atoms with Crippen LogP contribution in [0.2, 0.25) is 0 Å². The molecule has 1 aromatic carbocycles. The summed E-state index contributed by atoms with van der Waals surface area (Å²) in [5.74, 6) is -0.770. The molecular formula is C28H29N3O6S2. The number of anilines is 1. The van der Waals surface area contributed by atoms with Gasteiger partial charge in [-0.15, -0.1) is 22.7 Å². The molecule has 2 N–H and O–H groups in total. The number of allylic oxidation sites excluding steroid dienone is 1. The van der Waals surface area contributed by atoms with E-state index in [0.29, 0.717) is 16.3 Å². The summed E-state index contributed by atoms with van der Waals surface area (Å²) in [7, 11) is 0. The van der Waals surface area contributed by atoms with E-state index in [1.165, 1.54) is 22.7 Å². The van der Waals surface area contributed by atoms with Crippen LogP contribution in [0.25, 0.3) is 10.4 Å². The first-order valence-electron chi connectivity index (χ1n) is 12.9. The molecule has 1 fully saturated rings. The van der Waals surface area contributed by atoms with E-state index < -0.39 is 18.9 Å². The minimum atomic E-state index is -0.815. The van der Waals surface area contributed by atoms with E-state index in [0.717, 1.165) is 61.1 Å². The van der Waals surface area contributed by atoms with E-state index in [1.807, 2.05) is 42.6 Å². The summed E-state index contributed by atoms with van der Waals surface area (Å²) >= 11 is 2.68. The van der Waals surface area contributed by atoms with Gasteiger partial charge in [0.15, 0.2) is 0 Å². The Hall–Kier alpha value is -3.70. The number of hydrogen-bond acceptors (Lipinski definition) is 10. The lowest BCUT2D eigenvalue weighted by Gasteiger charge is -2.21. The second-order valence-corrected chi connectivity index (χ2v) is 11.1. The number of ether oxygens (including phenoxy) is 3. The monoisotopic (exact) mass is 567 g/mol. The van der Waals surface area contributed by atoms with Gasteiger partial charge >= 0.3 is 12.1 Å². The van der Waals surface area contributed by atoms with Crippen molar-refractivity contribution in [1.29, 1.82) is 0 Å². The normalized spacial score (nSPS) is 17.2. The van der Waals surface area contributed by atoms with Gasteiger partial charge in [0.2, 0.25) is 6.79 Å². The molecule has 0 bridgehead atoms. The molecule has 1 amide bonds. The molecule has 0 saturated heterocycles. The number of nitrogens with one attached hydrogen (secondary N) is 2. The number of carbonyl (C=O) groups is 3. The first-order valence-corrected chi connectivity index (χ1v) is 14.7. The van der Waals surface area contributed by atoms with Crippen LogP contribution in [-0.4, -0.2) is 42.5 Å². The number of esters is 1. The molecule has 3 heterocycles. The summed E-state index contributed by atoms with van der Waals surface area (Å²) in [6.45, 7) is 0.289. The van der Waals surface area contributed by atoms with Crippen molar-refractivity contribution in [3.8, 4) is 10.4 Å².